The highest BCUT2D eigenvalue weighted by Crippen LogP contribution is 2.41. The SMILES string of the molecule is COc1ccc(CC2(C(=O)O)CCCCC2)cc1OC1CCCC1. The van der Waals surface area contributed by atoms with E-state index in [0.29, 0.717) is 6.42 Å². The number of carboxylic acid groups (broad SMARTS) is 1. The second kappa shape index (κ2) is 7.45. The fourth-order valence-electron chi connectivity index (χ4n) is 4.19. The number of carbonyl (C=O) groups is 1. The maximum atomic E-state index is 11.9. The number of benzene rings is 1. The van der Waals surface area contributed by atoms with Gasteiger partial charge in [0.2, 0.25) is 0 Å². The molecule has 2 fully saturated rings. The minimum absolute atomic E-state index is 0.261. The summed E-state index contributed by atoms with van der Waals surface area (Å²) in [6.07, 6.45) is 10.2. The van der Waals surface area contributed by atoms with Crippen molar-refractivity contribution in [1.82, 2.24) is 0 Å². The molecule has 0 atom stereocenters. The van der Waals surface area contributed by atoms with Gasteiger partial charge in [0.15, 0.2) is 11.5 Å². The van der Waals surface area contributed by atoms with Crippen LogP contribution in [0.25, 0.3) is 0 Å². The van der Waals surface area contributed by atoms with E-state index >= 15 is 0 Å². The minimum atomic E-state index is -0.656. The van der Waals surface area contributed by atoms with Crippen LogP contribution in [0.3, 0.4) is 0 Å². The topological polar surface area (TPSA) is 55.8 Å². The highest BCUT2D eigenvalue weighted by molar-refractivity contribution is 5.75. The molecule has 4 nitrogen and oxygen atoms in total. The van der Waals surface area contributed by atoms with Crippen LogP contribution in [0.1, 0.15) is 63.4 Å². The number of hydrogen-bond donors (Lipinski definition) is 1. The molecule has 24 heavy (non-hydrogen) atoms. The van der Waals surface area contributed by atoms with Crippen LogP contribution in [0.15, 0.2) is 18.2 Å². The molecule has 0 bridgehead atoms. The van der Waals surface area contributed by atoms with Gasteiger partial charge in [-0.2, -0.15) is 0 Å². The third kappa shape index (κ3) is 3.68. The van der Waals surface area contributed by atoms with Crippen LogP contribution in [-0.2, 0) is 11.2 Å². The Balaban J connectivity index is 1.80. The van der Waals surface area contributed by atoms with E-state index in [1.54, 1.807) is 7.11 Å². The number of methoxy groups -OCH3 is 1. The van der Waals surface area contributed by atoms with Crippen molar-refractivity contribution in [2.24, 2.45) is 5.41 Å². The van der Waals surface area contributed by atoms with Gasteiger partial charge in [0, 0.05) is 0 Å². The Morgan fingerprint density at radius 1 is 1.12 bits per heavy atom. The zero-order valence-electron chi connectivity index (χ0n) is 14.6. The van der Waals surface area contributed by atoms with Crippen molar-refractivity contribution >= 4 is 5.97 Å². The maximum absolute atomic E-state index is 11.9. The van der Waals surface area contributed by atoms with Gasteiger partial charge in [-0.3, -0.25) is 4.79 Å². The fourth-order valence-corrected chi connectivity index (χ4v) is 4.19. The summed E-state index contributed by atoms with van der Waals surface area (Å²) in [6, 6.07) is 5.90. The van der Waals surface area contributed by atoms with E-state index in [4.69, 9.17) is 9.47 Å². The monoisotopic (exact) mass is 332 g/mol. The number of rotatable bonds is 6. The Morgan fingerprint density at radius 2 is 1.83 bits per heavy atom. The Morgan fingerprint density at radius 3 is 2.46 bits per heavy atom. The minimum Gasteiger partial charge on any atom is -0.493 e. The van der Waals surface area contributed by atoms with Crippen LogP contribution in [-0.4, -0.2) is 24.3 Å². The van der Waals surface area contributed by atoms with Gasteiger partial charge in [0.1, 0.15) is 0 Å². The van der Waals surface area contributed by atoms with E-state index in [1.165, 1.54) is 12.8 Å². The number of carboxylic acids is 1. The van der Waals surface area contributed by atoms with E-state index in [0.717, 1.165) is 62.0 Å². The van der Waals surface area contributed by atoms with Crippen molar-refractivity contribution in [2.75, 3.05) is 7.11 Å². The quantitative estimate of drug-likeness (QED) is 0.827. The normalized spacial score (nSPS) is 20.7. The van der Waals surface area contributed by atoms with E-state index in [1.807, 2.05) is 18.2 Å². The van der Waals surface area contributed by atoms with Gasteiger partial charge < -0.3 is 14.6 Å². The van der Waals surface area contributed by atoms with Gasteiger partial charge in [-0.1, -0.05) is 25.3 Å². The summed E-state index contributed by atoms with van der Waals surface area (Å²) < 4.78 is 11.6. The Bertz CT molecular complexity index is 569. The zero-order chi connectivity index (χ0) is 17.0. The van der Waals surface area contributed by atoms with Crippen LogP contribution in [0.4, 0.5) is 0 Å². The third-order valence-electron chi connectivity index (χ3n) is 5.63. The second-order valence-electron chi connectivity index (χ2n) is 7.33. The molecule has 0 saturated heterocycles. The summed E-state index contributed by atoms with van der Waals surface area (Å²) in [6.45, 7) is 0. The molecule has 1 N–H and O–H groups in total. The van der Waals surface area contributed by atoms with Crippen molar-refractivity contribution in [3.8, 4) is 11.5 Å². The van der Waals surface area contributed by atoms with Crippen LogP contribution in [0.5, 0.6) is 11.5 Å². The number of ether oxygens (including phenoxy) is 2. The van der Waals surface area contributed by atoms with Gasteiger partial charge in [0.25, 0.3) is 0 Å². The molecule has 4 heteroatoms. The molecule has 0 aromatic heterocycles. The molecule has 132 valence electrons. The van der Waals surface area contributed by atoms with Crippen molar-refractivity contribution in [1.29, 1.82) is 0 Å². The number of aliphatic carboxylic acids is 1. The fraction of sp³-hybridized carbons (Fsp3) is 0.650. The first-order valence-electron chi connectivity index (χ1n) is 9.20. The molecule has 0 radical (unpaired) electrons. The van der Waals surface area contributed by atoms with Crippen molar-refractivity contribution in [3.63, 3.8) is 0 Å². The first kappa shape index (κ1) is 17.1. The summed E-state index contributed by atoms with van der Waals surface area (Å²) in [7, 11) is 1.65. The molecular formula is C20H28O4. The molecule has 3 rings (SSSR count). The molecular weight excluding hydrogens is 304 g/mol. The van der Waals surface area contributed by atoms with Crippen LogP contribution < -0.4 is 9.47 Å². The van der Waals surface area contributed by atoms with Crippen LogP contribution in [0, 0.1) is 5.41 Å². The van der Waals surface area contributed by atoms with Gasteiger partial charge >= 0.3 is 5.97 Å². The van der Waals surface area contributed by atoms with Gasteiger partial charge in [-0.15, -0.1) is 0 Å². The van der Waals surface area contributed by atoms with Crippen LogP contribution >= 0.6 is 0 Å². The van der Waals surface area contributed by atoms with Crippen molar-refractivity contribution < 1.29 is 19.4 Å². The molecule has 0 aliphatic heterocycles. The van der Waals surface area contributed by atoms with Crippen molar-refractivity contribution in [3.05, 3.63) is 23.8 Å². The lowest BCUT2D eigenvalue weighted by Gasteiger charge is -2.33. The van der Waals surface area contributed by atoms with E-state index < -0.39 is 11.4 Å². The first-order chi connectivity index (χ1) is 11.6. The van der Waals surface area contributed by atoms with Gasteiger partial charge in [-0.05, 0) is 62.6 Å². The first-order valence-corrected chi connectivity index (χ1v) is 9.20. The summed E-state index contributed by atoms with van der Waals surface area (Å²) in [4.78, 5) is 11.9. The molecule has 0 amide bonds. The zero-order valence-corrected chi connectivity index (χ0v) is 14.6. The summed E-state index contributed by atoms with van der Waals surface area (Å²) in [5.41, 5.74) is 0.422. The number of hydrogen-bond acceptors (Lipinski definition) is 3. The molecule has 1 aromatic rings. The van der Waals surface area contributed by atoms with Gasteiger partial charge in [-0.25, -0.2) is 0 Å². The molecule has 2 aliphatic rings. The predicted molar refractivity (Wildman–Crippen MR) is 92.7 cm³/mol. The maximum Gasteiger partial charge on any atom is 0.309 e. The molecule has 0 heterocycles. The van der Waals surface area contributed by atoms with Crippen LogP contribution in [0.2, 0.25) is 0 Å². The Labute approximate surface area is 144 Å². The summed E-state index contributed by atoms with van der Waals surface area (Å²) in [5.74, 6) is 0.841. The Hall–Kier alpha value is -1.71. The third-order valence-corrected chi connectivity index (χ3v) is 5.63. The largest absolute Gasteiger partial charge is 0.493 e. The molecule has 0 unspecified atom stereocenters. The molecule has 2 aliphatic carbocycles. The second-order valence-corrected chi connectivity index (χ2v) is 7.33. The smallest absolute Gasteiger partial charge is 0.309 e. The predicted octanol–water partition coefficient (Wildman–Crippen LogP) is 4.59. The molecule has 0 spiro atoms. The summed E-state index contributed by atoms with van der Waals surface area (Å²) in [5, 5.41) is 9.79. The van der Waals surface area contributed by atoms with E-state index in [9.17, 15) is 9.90 Å². The molecule has 1 aromatic carbocycles. The lowest BCUT2D eigenvalue weighted by Crippen LogP contribution is -2.35. The summed E-state index contributed by atoms with van der Waals surface area (Å²) >= 11 is 0. The average molecular weight is 332 g/mol. The highest BCUT2D eigenvalue weighted by atomic mass is 16.5. The van der Waals surface area contributed by atoms with Gasteiger partial charge in [0.05, 0.1) is 18.6 Å². The lowest BCUT2D eigenvalue weighted by molar-refractivity contribution is -0.151. The molecule has 2 saturated carbocycles. The lowest BCUT2D eigenvalue weighted by atomic mass is 9.70. The highest BCUT2D eigenvalue weighted by Gasteiger charge is 2.39. The standard InChI is InChI=1S/C20H28O4/c1-23-17-10-9-15(13-18(17)24-16-7-3-4-8-16)14-20(19(21)22)11-5-2-6-12-20/h9-10,13,16H,2-8,11-12,14H2,1H3,(H,21,22). The van der Waals surface area contributed by atoms with E-state index in [2.05, 4.69) is 0 Å². The average Bonchev–Trinajstić information content (AvgIpc) is 3.09. The van der Waals surface area contributed by atoms with Crippen molar-refractivity contribution in [2.45, 2.75) is 70.3 Å². The van der Waals surface area contributed by atoms with E-state index in [-0.39, 0.29) is 6.10 Å². The Kier molecular flexibility index (Phi) is 5.32.